The molecule has 32 heavy (non-hydrogen) atoms. The van der Waals surface area contributed by atoms with Crippen LogP contribution in [-0.4, -0.2) is 41.3 Å². The highest BCUT2D eigenvalue weighted by Gasteiger charge is 2.29. The maximum Gasteiger partial charge on any atom is 0.305 e. The molecule has 8 nitrogen and oxygen atoms in total. The van der Waals surface area contributed by atoms with Gasteiger partial charge in [-0.1, -0.05) is 37.8 Å². The lowest BCUT2D eigenvalue weighted by Gasteiger charge is -2.22. The van der Waals surface area contributed by atoms with Gasteiger partial charge in [0, 0.05) is 5.56 Å². The number of carboxylic acids is 1. The number of hydrogen-bond donors (Lipinski definition) is 3. The van der Waals surface area contributed by atoms with Crippen LogP contribution in [0, 0.1) is 11.7 Å². The van der Waals surface area contributed by atoms with Crippen LogP contribution in [0.15, 0.2) is 40.8 Å². The smallest absolute Gasteiger partial charge is 0.305 e. The Morgan fingerprint density at radius 1 is 1.16 bits per heavy atom. The minimum atomic E-state index is -1.22. The van der Waals surface area contributed by atoms with Gasteiger partial charge < -0.3 is 25.0 Å². The molecule has 2 amide bonds. The molecule has 2 atom stereocenters. The molecule has 3 N–H and O–H groups in total. The van der Waals surface area contributed by atoms with Gasteiger partial charge in [0.2, 0.25) is 5.91 Å². The molecule has 0 aliphatic heterocycles. The number of hydrogen-bond acceptors (Lipinski definition) is 5. The first-order valence-electron chi connectivity index (χ1n) is 10.5. The zero-order valence-corrected chi connectivity index (χ0v) is 17.4. The highest BCUT2D eigenvalue weighted by molar-refractivity contribution is 5.96. The number of carbonyl (C=O) groups is 4. The Hall–Kier alpha value is -3.49. The fourth-order valence-corrected chi connectivity index (χ4v) is 3.90. The number of rotatable bonds is 10. The fraction of sp³-hybridized carbons (Fsp3) is 0.391. The van der Waals surface area contributed by atoms with Gasteiger partial charge in [-0.25, -0.2) is 4.39 Å². The predicted octanol–water partition coefficient (Wildman–Crippen LogP) is 2.92. The van der Waals surface area contributed by atoms with Crippen LogP contribution in [0.5, 0.6) is 0 Å². The standard InChI is InChI=1S/C23H25FN2O6/c24-16-7-3-6-15(11-16)19-8-9-20(32-19)23(31)26-18(10-14-4-1-2-5-14)22(30)25-17(13-27)12-21(28)29/h3,6-9,11,13-14,17-18H,1-2,4-5,10,12H2,(H,25,30)(H,26,31)(H,28,29)/t17-,18+/m1/s1. The van der Waals surface area contributed by atoms with Crippen LogP contribution >= 0.6 is 0 Å². The number of nitrogens with one attached hydrogen (secondary N) is 2. The predicted molar refractivity (Wildman–Crippen MR) is 112 cm³/mol. The van der Waals surface area contributed by atoms with E-state index in [2.05, 4.69) is 10.6 Å². The van der Waals surface area contributed by atoms with Crippen molar-refractivity contribution >= 4 is 24.1 Å². The SMILES string of the molecule is O=C[C@@H](CC(=O)O)NC(=O)[C@H](CC1CCCC1)NC(=O)c1ccc(-c2cccc(F)c2)o1. The Bertz CT molecular complexity index is 982. The summed E-state index contributed by atoms with van der Waals surface area (Å²) in [6, 6.07) is 6.55. The molecule has 0 bridgehead atoms. The van der Waals surface area contributed by atoms with E-state index in [9.17, 15) is 23.6 Å². The molecule has 170 valence electrons. The summed E-state index contributed by atoms with van der Waals surface area (Å²) in [6.45, 7) is 0. The molecular formula is C23H25FN2O6. The van der Waals surface area contributed by atoms with Crippen molar-refractivity contribution in [1.82, 2.24) is 10.6 Å². The summed E-state index contributed by atoms with van der Waals surface area (Å²) in [5, 5.41) is 13.9. The minimum absolute atomic E-state index is 0.0500. The lowest BCUT2D eigenvalue weighted by atomic mass is 9.97. The average molecular weight is 444 g/mol. The summed E-state index contributed by atoms with van der Waals surface area (Å²) in [5.74, 6) is -2.43. The number of amides is 2. The molecule has 3 rings (SSSR count). The highest BCUT2D eigenvalue weighted by Crippen LogP contribution is 2.29. The lowest BCUT2D eigenvalue weighted by molar-refractivity contribution is -0.139. The van der Waals surface area contributed by atoms with Crippen LogP contribution in [0.4, 0.5) is 4.39 Å². The van der Waals surface area contributed by atoms with Crippen molar-refractivity contribution in [2.24, 2.45) is 5.92 Å². The Morgan fingerprint density at radius 3 is 2.56 bits per heavy atom. The van der Waals surface area contributed by atoms with Crippen molar-refractivity contribution in [1.29, 1.82) is 0 Å². The van der Waals surface area contributed by atoms with Crippen molar-refractivity contribution in [2.45, 2.75) is 50.6 Å². The van der Waals surface area contributed by atoms with Crippen LogP contribution in [-0.2, 0) is 14.4 Å². The van der Waals surface area contributed by atoms with E-state index in [1.807, 2.05) is 0 Å². The van der Waals surface area contributed by atoms with Gasteiger partial charge in [-0.3, -0.25) is 14.4 Å². The third-order valence-electron chi connectivity index (χ3n) is 5.49. The van der Waals surface area contributed by atoms with E-state index in [1.165, 1.54) is 30.3 Å². The molecule has 1 aliphatic carbocycles. The number of aliphatic carboxylic acids is 1. The Kier molecular flexibility index (Phi) is 7.75. The summed E-state index contributed by atoms with van der Waals surface area (Å²) in [4.78, 5) is 47.5. The van der Waals surface area contributed by atoms with E-state index >= 15 is 0 Å². The van der Waals surface area contributed by atoms with Gasteiger partial charge in [0.15, 0.2) is 5.76 Å². The second kappa shape index (κ2) is 10.7. The molecule has 1 saturated carbocycles. The molecule has 1 aromatic carbocycles. The van der Waals surface area contributed by atoms with E-state index in [1.54, 1.807) is 6.07 Å². The van der Waals surface area contributed by atoms with Crippen LogP contribution in [0.1, 0.15) is 49.1 Å². The second-order valence-electron chi connectivity index (χ2n) is 7.94. The normalized spacial score (nSPS) is 15.7. The molecule has 1 aromatic heterocycles. The first-order chi connectivity index (χ1) is 15.4. The van der Waals surface area contributed by atoms with E-state index < -0.39 is 42.1 Å². The Labute approximate surface area is 184 Å². The Morgan fingerprint density at radius 2 is 1.91 bits per heavy atom. The number of aldehydes is 1. The van der Waals surface area contributed by atoms with E-state index in [-0.39, 0.29) is 11.7 Å². The third-order valence-corrected chi connectivity index (χ3v) is 5.49. The molecule has 0 spiro atoms. The van der Waals surface area contributed by atoms with Gasteiger partial charge in [0.25, 0.3) is 5.91 Å². The average Bonchev–Trinajstić information content (AvgIpc) is 3.44. The van der Waals surface area contributed by atoms with Gasteiger partial charge in [-0.2, -0.15) is 0 Å². The van der Waals surface area contributed by atoms with Gasteiger partial charge in [-0.05, 0) is 36.6 Å². The molecule has 1 fully saturated rings. The van der Waals surface area contributed by atoms with Crippen molar-refractivity contribution in [3.8, 4) is 11.3 Å². The van der Waals surface area contributed by atoms with Crippen molar-refractivity contribution in [3.63, 3.8) is 0 Å². The topological polar surface area (TPSA) is 126 Å². The van der Waals surface area contributed by atoms with E-state index in [0.29, 0.717) is 24.0 Å². The number of carbonyl (C=O) groups excluding carboxylic acids is 3. The summed E-state index contributed by atoms with van der Waals surface area (Å²) in [7, 11) is 0. The number of carboxylic acid groups (broad SMARTS) is 1. The number of furan rings is 1. The molecule has 0 unspecified atom stereocenters. The number of benzene rings is 1. The van der Waals surface area contributed by atoms with Crippen molar-refractivity contribution in [3.05, 3.63) is 48.0 Å². The largest absolute Gasteiger partial charge is 0.481 e. The van der Waals surface area contributed by atoms with Gasteiger partial charge in [-0.15, -0.1) is 0 Å². The first kappa shape index (κ1) is 23.2. The first-order valence-corrected chi connectivity index (χ1v) is 10.5. The van der Waals surface area contributed by atoms with Gasteiger partial charge >= 0.3 is 5.97 Å². The maximum absolute atomic E-state index is 13.5. The fourth-order valence-electron chi connectivity index (χ4n) is 3.90. The van der Waals surface area contributed by atoms with Crippen LogP contribution in [0.2, 0.25) is 0 Å². The van der Waals surface area contributed by atoms with Gasteiger partial charge in [0.05, 0.1) is 12.5 Å². The van der Waals surface area contributed by atoms with Crippen LogP contribution in [0.3, 0.4) is 0 Å². The molecule has 1 heterocycles. The second-order valence-corrected chi connectivity index (χ2v) is 7.94. The zero-order valence-electron chi connectivity index (χ0n) is 17.4. The number of halogens is 1. The maximum atomic E-state index is 13.5. The molecule has 2 aromatic rings. The molecular weight excluding hydrogens is 419 g/mol. The van der Waals surface area contributed by atoms with Crippen molar-refractivity contribution in [2.75, 3.05) is 0 Å². The third kappa shape index (κ3) is 6.26. The van der Waals surface area contributed by atoms with E-state index in [4.69, 9.17) is 9.52 Å². The molecule has 0 radical (unpaired) electrons. The summed E-state index contributed by atoms with van der Waals surface area (Å²) < 4.78 is 19.0. The Balaban J connectivity index is 1.72. The zero-order chi connectivity index (χ0) is 23.1. The lowest BCUT2D eigenvalue weighted by Crippen LogP contribution is -2.51. The van der Waals surface area contributed by atoms with Crippen molar-refractivity contribution < 1.29 is 33.1 Å². The summed E-state index contributed by atoms with van der Waals surface area (Å²) in [5.41, 5.74) is 0.465. The molecule has 0 saturated heterocycles. The molecule has 9 heteroatoms. The monoisotopic (exact) mass is 444 g/mol. The minimum Gasteiger partial charge on any atom is -0.481 e. The van der Waals surface area contributed by atoms with Crippen LogP contribution < -0.4 is 10.6 Å². The molecule has 1 aliphatic rings. The van der Waals surface area contributed by atoms with Crippen LogP contribution in [0.25, 0.3) is 11.3 Å². The van der Waals surface area contributed by atoms with E-state index in [0.717, 1.165) is 25.7 Å². The highest BCUT2D eigenvalue weighted by atomic mass is 19.1. The van der Waals surface area contributed by atoms with Gasteiger partial charge in [0.1, 0.15) is 23.9 Å². The quantitative estimate of drug-likeness (QED) is 0.484. The summed E-state index contributed by atoms with van der Waals surface area (Å²) >= 11 is 0. The summed E-state index contributed by atoms with van der Waals surface area (Å²) in [6.07, 6.45) is 4.11.